The molecule has 1 aliphatic rings. The van der Waals surface area contributed by atoms with Crippen LogP contribution >= 0.6 is 0 Å². The van der Waals surface area contributed by atoms with Crippen molar-refractivity contribution in [3.05, 3.63) is 35.9 Å². The van der Waals surface area contributed by atoms with Crippen LogP contribution in [-0.4, -0.2) is 11.9 Å². The van der Waals surface area contributed by atoms with Gasteiger partial charge in [0.1, 0.15) is 0 Å². The van der Waals surface area contributed by atoms with Crippen LogP contribution in [0.4, 0.5) is 0 Å². The predicted octanol–water partition coefficient (Wildman–Crippen LogP) is 3.31. The predicted molar refractivity (Wildman–Crippen MR) is 82.2 cm³/mol. The van der Waals surface area contributed by atoms with Gasteiger partial charge in [0.2, 0.25) is 5.91 Å². The van der Waals surface area contributed by atoms with Gasteiger partial charge in [-0.15, -0.1) is 0 Å². The summed E-state index contributed by atoms with van der Waals surface area (Å²) in [5, 5.41) is 3.17. The molecule has 1 fully saturated rings. The molecule has 1 amide bonds. The summed E-state index contributed by atoms with van der Waals surface area (Å²) < 4.78 is 0. The molecule has 1 aromatic rings. The van der Waals surface area contributed by atoms with Gasteiger partial charge in [-0.1, -0.05) is 56.0 Å². The summed E-state index contributed by atoms with van der Waals surface area (Å²) in [6, 6.07) is 10.3. The van der Waals surface area contributed by atoms with Gasteiger partial charge in [0.05, 0.1) is 0 Å². The second-order valence-corrected chi connectivity index (χ2v) is 5.81. The Hall–Kier alpha value is -1.35. The summed E-state index contributed by atoms with van der Waals surface area (Å²) in [5.74, 6) is 0.156. The molecule has 0 heterocycles. The fraction of sp³-hybridized carbons (Fsp3) is 0.588. The molecule has 1 saturated carbocycles. The molecular weight excluding hydrogens is 248 g/mol. The van der Waals surface area contributed by atoms with E-state index in [0.29, 0.717) is 18.9 Å². The Kier molecular flexibility index (Phi) is 6.06. The lowest BCUT2D eigenvalue weighted by molar-refractivity contribution is -0.122. The SMILES string of the molecule is NC(CCC(=O)NC1CCCCCC1)c1ccccc1. The highest BCUT2D eigenvalue weighted by Crippen LogP contribution is 2.18. The quantitative estimate of drug-likeness (QED) is 0.809. The Morgan fingerprint density at radius 1 is 1.15 bits per heavy atom. The lowest BCUT2D eigenvalue weighted by atomic mass is 10.0. The topological polar surface area (TPSA) is 55.1 Å². The van der Waals surface area contributed by atoms with Crippen LogP contribution in [0.3, 0.4) is 0 Å². The third-order valence-corrected chi connectivity index (χ3v) is 4.13. The summed E-state index contributed by atoms with van der Waals surface area (Å²) in [6.07, 6.45) is 8.61. The van der Waals surface area contributed by atoms with Crippen molar-refractivity contribution in [2.75, 3.05) is 0 Å². The highest BCUT2D eigenvalue weighted by atomic mass is 16.1. The maximum absolute atomic E-state index is 12.0. The van der Waals surface area contributed by atoms with Crippen molar-refractivity contribution in [2.45, 2.75) is 63.5 Å². The number of nitrogens with two attached hydrogens (primary N) is 1. The van der Waals surface area contributed by atoms with Gasteiger partial charge in [-0.3, -0.25) is 4.79 Å². The number of amides is 1. The van der Waals surface area contributed by atoms with Crippen molar-refractivity contribution in [1.82, 2.24) is 5.32 Å². The second-order valence-electron chi connectivity index (χ2n) is 5.81. The molecule has 0 radical (unpaired) electrons. The average molecular weight is 274 g/mol. The molecule has 20 heavy (non-hydrogen) atoms. The second kappa shape index (κ2) is 8.05. The fourth-order valence-corrected chi connectivity index (χ4v) is 2.88. The molecule has 1 aromatic carbocycles. The first kappa shape index (κ1) is 15.0. The van der Waals surface area contributed by atoms with Crippen molar-refractivity contribution >= 4 is 5.91 Å². The van der Waals surface area contributed by atoms with Crippen LogP contribution in [0.25, 0.3) is 0 Å². The zero-order chi connectivity index (χ0) is 14.2. The van der Waals surface area contributed by atoms with Crippen LogP contribution in [0.1, 0.15) is 63.0 Å². The van der Waals surface area contributed by atoms with Gasteiger partial charge < -0.3 is 11.1 Å². The number of rotatable bonds is 5. The van der Waals surface area contributed by atoms with Crippen LogP contribution in [-0.2, 0) is 4.79 Å². The molecule has 0 aliphatic heterocycles. The van der Waals surface area contributed by atoms with E-state index in [1.807, 2.05) is 30.3 Å². The van der Waals surface area contributed by atoms with Gasteiger partial charge in [-0.25, -0.2) is 0 Å². The van der Waals surface area contributed by atoms with E-state index in [0.717, 1.165) is 18.4 Å². The van der Waals surface area contributed by atoms with Crippen molar-refractivity contribution in [2.24, 2.45) is 5.73 Å². The Labute approximate surface area is 121 Å². The maximum Gasteiger partial charge on any atom is 0.220 e. The van der Waals surface area contributed by atoms with Crippen molar-refractivity contribution in [3.63, 3.8) is 0 Å². The number of benzene rings is 1. The van der Waals surface area contributed by atoms with E-state index < -0.39 is 0 Å². The molecule has 110 valence electrons. The van der Waals surface area contributed by atoms with Crippen molar-refractivity contribution in [1.29, 1.82) is 0 Å². The molecule has 1 unspecified atom stereocenters. The molecular formula is C17H26N2O. The minimum atomic E-state index is -0.0453. The van der Waals surface area contributed by atoms with E-state index in [4.69, 9.17) is 5.73 Å². The summed E-state index contributed by atoms with van der Waals surface area (Å²) in [7, 11) is 0. The Morgan fingerprint density at radius 3 is 2.45 bits per heavy atom. The van der Waals surface area contributed by atoms with Gasteiger partial charge in [-0.05, 0) is 24.8 Å². The van der Waals surface area contributed by atoms with E-state index >= 15 is 0 Å². The lowest BCUT2D eigenvalue weighted by Crippen LogP contribution is -2.34. The van der Waals surface area contributed by atoms with Crippen LogP contribution in [0, 0.1) is 0 Å². The van der Waals surface area contributed by atoms with E-state index in [2.05, 4.69) is 5.32 Å². The molecule has 1 aliphatic carbocycles. The van der Waals surface area contributed by atoms with Gasteiger partial charge in [0, 0.05) is 18.5 Å². The van der Waals surface area contributed by atoms with Gasteiger partial charge in [-0.2, -0.15) is 0 Å². The van der Waals surface area contributed by atoms with Gasteiger partial charge in [0.25, 0.3) is 0 Å². The fourth-order valence-electron chi connectivity index (χ4n) is 2.88. The molecule has 0 aromatic heterocycles. The average Bonchev–Trinajstić information content (AvgIpc) is 2.74. The van der Waals surface area contributed by atoms with Crippen molar-refractivity contribution < 1.29 is 4.79 Å². The Balaban J connectivity index is 1.71. The first-order valence-electron chi connectivity index (χ1n) is 7.85. The van der Waals surface area contributed by atoms with Crippen LogP contribution in [0.15, 0.2) is 30.3 Å². The van der Waals surface area contributed by atoms with Crippen LogP contribution in [0.5, 0.6) is 0 Å². The molecule has 3 nitrogen and oxygen atoms in total. The highest BCUT2D eigenvalue weighted by molar-refractivity contribution is 5.76. The molecule has 0 spiro atoms. The summed E-state index contributed by atoms with van der Waals surface area (Å²) in [6.45, 7) is 0. The van der Waals surface area contributed by atoms with Crippen LogP contribution < -0.4 is 11.1 Å². The van der Waals surface area contributed by atoms with E-state index in [1.165, 1.54) is 25.7 Å². The van der Waals surface area contributed by atoms with Gasteiger partial charge >= 0.3 is 0 Å². The maximum atomic E-state index is 12.0. The summed E-state index contributed by atoms with van der Waals surface area (Å²) in [5.41, 5.74) is 7.23. The van der Waals surface area contributed by atoms with E-state index in [9.17, 15) is 4.79 Å². The third kappa shape index (κ3) is 4.97. The number of hydrogen-bond acceptors (Lipinski definition) is 2. The number of carbonyl (C=O) groups excluding carboxylic acids is 1. The monoisotopic (exact) mass is 274 g/mol. The zero-order valence-electron chi connectivity index (χ0n) is 12.2. The normalized spacial score (nSPS) is 18.2. The number of nitrogens with one attached hydrogen (secondary N) is 1. The first-order valence-corrected chi connectivity index (χ1v) is 7.85. The molecule has 0 saturated heterocycles. The smallest absolute Gasteiger partial charge is 0.220 e. The first-order chi connectivity index (χ1) is 9.75. The number of hydrogen-bond donors (Lipinski definition) is 2. The molecule has 3 heteroatoms. The minimum absolute atomic E-state index is 0.0453. The molecule has 0 bridgehead atoms. The molecule has 1 atom stereocenters. The molecule has 3 N–H and O–H groups in total. The standard InChI is InChI=1S/C17H26N2O/c18-16(14-8-4-3-5-9-14)12-13-17(20)19-15-10-6-1-2-7-11-15/h3-5,8-9,15-16H,1-2,6-7,10-13,18H2,(H,19,20). The zero-order valence-corrected chi connectivity index (χ0v) is 12.2. The Morgan fingerprint density at radius 2 is 1.80 bits per heavy atom. The molecule has 2 rings (SSSR count). The third-order valence-electron chi connectivity index (χ3n) is 4.13. The van der Waals surface area contributed by atoms with E-state index in [-0.39, 0.29) is 11.9 Å². The number of carbonyl (C=O) groups is 1. The summed E-state index contributed by atoms with van der Waals surface area (Å²) in [4.78, 5) is 12.0. The summed E-state index contributed by atoms with van der Waals surface area (Å²) >= 11 is 0. The minimum Gasteiger partial charge on any atom is -0.353 e. The Bertz CT molecular complexity index is 397. The van der Waals surface area contributed by atoms with Crippen LogP contribution in [0.2, 0.25) is 0 Å². The van der Waals surface area contributed by atoms with Gasteiger partial charge in [0.15, 0.2) is 0 Å². The van der Waals surface area contributed by atoms with Crippen molar-refractivity contribution in [3.8, 4) is 0 Å². The largest absolute Gasteiger partial charge is 0.353 e. The van der Waals surface area contributed by atoms with E-state index in [1.54, 1.807) is 0 Å². The lowest BCUT2D eigenvalue weighted by Gasteiger charge is -2.17. The highest BCUT2D eigenvalue weighted by Gasteiger charge is 2.15.